The van der Waals surface area contributed by atoms with E-state index in [1.807, 2.05) is 0 Å². The summed E-state index contributed by atoms with van der Waals surface area (Å²) in [4.78, 5) is 28.5. The van der Waals surface area contributed by atoms with Crippen LogP contribution in [0.1, 0.15) is 37.2 Å². The zero-order chi connectivity index (χ0) is 14.7. The Balaban J connectivity index is 1.89. The van der Waals surface area contributed by atoms with Gasteiger partial charge in [0, 0.05) is 19.3 Å². The molecule has 0 radical (unpaired) electrons. The fourth-order valence-electron chi connectivity index (χ4n) is 2.25. The number of nitrogens with zero attached hydrogens (tertiary/aromatic N) is 1. The van der Waals surface area contributed by atoms with Gasteiger partial charge in [0.25, 0.3) is 5.91 Å². The van der Waals surface area contributed by atoms with E-state index in [1.54, 1.807) is 11.8 Å². The van der Waals surface area contributed by atoms with Gasteiger partial charge in [-0.3, -0.25) is 4.79 Å². The molecule has 0 aliphatic carbocycles. The monoisotopic (exact) mass is 298 g/mol. The fraction of sp³-hybridized carbons (Fsp3) is 0.571. The summed E-state index contributed by atoms with van der Waals surface area (Å²) in [6.45, 7) is 5.25. The summed E-state index contributed by atoms with van der Waals surface area (Å²) < 4.78 is 5.17. The summed E-state index contributed by atoms with van der Waals surface area (Å²) in [5.74, 6) is -0.0519. The molecule has 1 aromatic heterocycles. The van der Waals surface area contributed by atoms with Gasteiger partial charge >= 0.3 is 5.97 Å². The van der Waals surface area contributed by atoms with Gasteiger partial charge in [0.2, 0.25) is 0 Å². The molecular formula is C14H19ClN2O3. The van der Waals surface area contributed by atoms with Crippen LogP contribution in [0.2, 0.25) is 5.02 Å². The molecule has 1 aliphatic heterocycles. The number of amides is 1. The molecule has 0 spiro atoms. The minimum atomic E-state index is -0.780. The second-order valence-electron chi connectivity index (χ2n) is 5.29. The average molecular weight is 299 g/mol. The van der Waals surface area contributed by atoms with E-state index in [0.717, 1.165) is 25.9 Å². The van der Waals surface area contributed by atoms with Crippen LogP contribution in [0.25, 0.3) is 0 Å². The van der Waals surface area contributed by atoms with Crippen molar-refractivity contribution in [3.8, 4) is 0 Å². The minimum absolute atomic E-state index is 0.136. The van der Waals surface area contributed by atoms with E-state index in [1.165, 1.54) is 12.3 Å². The molecule has 2 heterocycles. The third-order valence-electron chi connectivity index (χ3n) is 3.59. The number of rotatable bonds is 3. The average Bonchev–Trinajstić information content (AvgIpc) is 2.85. The lowest BCUT2D eigenvalue weighted by atomic mass is 9.99. The number of nitrogens with one attached hydrogen (secondary N) is 1. The Kier molecular flexibility index (Phi) is 4.70. The maximum Gasteiger partial charge on any atom is 0.355 e. The SMILES string of the molecule is CC1CCN(C(=O)C(C)OC(=O)c2cc(Cl)c[nH]2)CC1. The number of aromatic nitrogens is 1. The van der Waals surface area contributed by atoms with Crippen LogP contribution in [0.5, 0.6) is 0 Å². The van der Waals surface area contributed by atoms with Crippen molar-refractivity contribution < 1.29 is 14.3 Å². The smallest absolute Gasteiger partial charge is 0.355 e. The molecule has 0 saturated carbocycles. The summed E-state index contributed by atoms with van der Waals surface area (Å²) in [6, 6.07) is 1.48. The molecule has 2 rings (SSSR count). The van der Waals surface area contributed by atoms with E-state index in [-0.39, 0.29) is 11.6 Å². The van der Waals surface area contributed by atoms with E-state index in [9.17, 15) is 9.59 Å². The molecule has 1 saturated heterocycles. The third kappa shape index (κ3) is 3.54. The van der Waals surface area contributed by atoms with Gasteiger partial charge < -0.3 is 14.6 Å². The van der Waals surface area contributed by atoms with E-state index < -0.39 is 12.1 Å². The van der Waals surface area contributed by atoms with Crippen molar-refractivity contribution in [3.63, 3.8) is 0 Å². The standard InChI is InChI=1S/C14H19ClN2O3/c1-9-3-5-17(6-4-9)13(18)10(2)20-14(19)12-7-11(15)8-16-12/h7-10,16H,3-6H2,1-2H3. The Morgan fingerprint density at radius 3 is 2.65 bits per heavy atom. The number of carbonyl (C=O) groups is 2. The fourth-order valence-corrected chi connectivity index (χ4v) is 2.41. The molecule has 6 heteroatoms. The highest BCUT2D eigenvalue weighted by Gasteiger charge is 2.27. The van der Waals surface area contributed by atoms with Crippen molar-refractivity contribution in [3.05, 3.63) is 23.0 Å². The number of hydrogen-bond donors (Lipinski definition) is 1. The predicted octanol–water partition coefficient (Wildman–Crippen LogP) is 2.47. The molecule has 1 amide bonds. The van der Waals surface area contributed by atoms with Crippen LogP contribution in [0.3, 0.4) is 0 Å². The van der Waals surface area contributed by atoms with Crippen LogP contribution in [0.15, 0.2) is 12.3 Å². The number of likely N-dealkylation sites (tertiary alicyclic amines) is 1. The van der Waals surface area contributed by atoms with Crippen LogP contribution in [-0.4, -0.2) is 41.0 Å². The molecule has 0 aromatic carbocycles. The number of esters is 1. The molecule has 0 bridgehead atoms. The zero-order valence-electron chi connectivity index (χ0n) is 11.7. The Morgan fingerprint density at radius 1 is 1.45 bits per heavy atom. The minimum Gasteiger partial charge on any atom is -0.448 e. The van der Waals surface area contributed by atoms with Gasteiger partial charge in [0.15, 0.2) is 6.10 Å². The quantitative estimate of drug-likeness (QED) is 0.872. The lowest BCUT2D eigenvalue weighted by Gasteiger charge is -2.31. The summed E-state index contributed by atoms with van der Waals surface area (Å²) in [7, 11) is 0. The first-order valence-corrected chi connectivity index (χ1v) is 7.19. The summed E-state index contributed by atoms with van der Waals surface area (Å²) in [5.41, 5.74) is 0.252. The number of hydrogen-bond acceptors (Lipinski definition) is 3. The van der Waals surface area contributed by atoms with Crippen molar-refractivity contribution in [2.75, 3.05) is 13.1 Å². The lowest BCUT2D eigenvalue weighted by Crippen LogP contribution is -2.44. The third-order valence-corrected chi connectivity index (χ3v) is 3.81. The van der Waals surface area contributed by atoms with Gasteiger partial charge in [-0.2, -0.15) is 0 Å². The second-order valence-corrected chi connectivity index (χ2v) is 5.72. The molecular weight excluding hydrogens is 280 g/mol. The van der Waals surface area contributed by atoms with Gasteiger partial charge in [0.05, 0.1) is 5.02 Å². The summed E-state index contributed by atoms with van der Waals surface area (Å²) >= 11 is 5.72. The van der Waals surface area contributed by atoms with E-state index in [2.05, 4.69) is 11.9 Å². The highest BCUT2D eigenvalue weighted by atomic mass is 35.5. The van der Waals surface area contributed by atoms with Gasteiger partial charge in [-0.05, 0) is 31.7 Å². The van der Waals surface area contributed by atoms with Crippen LogP contribution in [-0.2, 0) is 9.53 Å². The summed E-state index contributed by atoms with van der Waals surface area (Å²) in [6.07, 6.45) is 2.71. The number of ether oxygens (including phenoxy) is 1. The molecule has 1 atom stereocenters. The molecule has 20 heavy (non-hydrogen) atoms. The number of piperidine rings is 1. The molecule has 1 N–H and O–H groups in total. The Hall–Kier alpha value is -1.49. The maximum absolute atomic E-state index is 12.2. The second kappa shape index (κ2) is 6.31. The molecule has 110 valence electrons. The molecule has 1 aromatic rings. The summed E-state index contributed by atoms with van der Waals surface area (Å²) in [5, 5.41) is 0.431. The number of H-pyrrole nitrogens is 1. The van der Waals surface area contributed by atoms with E-state index in [0.29, 0.717) is 10.9 Å². The largest absolute Gasteiger partial charge is 0.448 e. The number of halogens is 1. The van der Waals surface area contributed by atoms with Gasteiger partial charge in [-0.1, -0.05) is 18.5 Å². The van der Waals surface area contributed by atoms with Crippen molar-refractivity contribution in [1.29, 1.82) is 0 Å². The normalized spacial score (nSPS) is 17.9. The highest BCUT2D eigenvalue weighted by molar-refractivity contribution is 6.30. The van der Waals surface area contributed by atoms with Crippen molar-refractivity contribution in [1.82, 2.24) is 9.88 Å². The van der Waals surface area contributed by atoms with Gasteiger partial charge in [-0.15, -0.1) is 0 Å². The Labute approximate surface area is 123 Å². The zero-order valence-corrected chi connectivity index (χ0v) is 12.4. The van der Waals surface area contributed by atoms with Crippen molar-refractivity contribution in [2.45, 2.75) is 32.8 Å². The first-order chi connectivity index (χ1) is 9.47. The van der Waals surface area contributed by atoms with Crippen LogP contribution in [0, 0.1) is 5.92 Å². The van der Waals surface area contributed by atoms with Gasteiger partial charge in [-0.25, -0.2) is 4.79 Å². The predicted molar refractivity (Wildman–Crippen MR) is 75.7 cm³/mol. The molecule has 1 unspecified atom stereocenters. The van der Waals surface area contributed by atoms with Crippen molar-refractivity contribution >= 4 is 23.5 Å². The first-order valence-electron chi connectivity index (χ1n) is 6.81. The van der Waals surface area contributed by atoms with Crippen LogP contribution < -0.4 is 0 Å². The molecule has 5 nitrogen and oxygen atoms in total. The number of aromatic amines is 1. The van der Waals surface area contributed by atoms with E-state index in [4.69, 9.17) is 16.3 Å². The Morgan fingerprint density at radius 2 is 2.10 bits per heavy atom. The Bertz CT molecular complexity index is 492. The van der Waals surface area contributed by atoms with Crippen molar-refractivity contribution in [2.24, 2.45) is 5.92 Å². The van der Waals surface area contributed by atoms with Crippen LogP contribution >= 0.6 is 11.6 Å². The molecule has 1 aliphatic rings. The molecule has 1 fully saturated rings. The number of carbonyl (C=O) groups excluding carboxylic acids is 2. The van der Waals surface area contributed by atoms with E-state index >= 15 is 0 Å². The topological polar surface area (TPSA) is 62.4 Å². The lowest BCUT2D eigenvalue weighted by molar-refractivity contribution is -0.141. The van der Waals surface area contributed by atoms with Crippen LogP contribution in [0.4, 0.5) is 0 Å². The maximum atomic E-state index is 12.2. The first kappa shape index (κ1) is 14.9. The highest BCUT2D eigenvalue weighted by Crippen LogP contribution is 2.18. The van der Waals surface area contributed by atoms with Gasteiger partial charge in [0.1, 0.15) is 5.69 Å².